The summed E-state index contributed by atoms with van der Waals surface area (Å²) in [6.45, 7) is 19.1. The second kappa shape index (κ2) is 8.71. The molecule has 1 N–H and O–H groups in total. The molecule has 0 aliphatic carbocycles. The monoisotopic (exact) mass is 412 g/mol. The molecule has 0 saturated heterocycles. The molecule has 0 aliphatic rings. The number of aromatic nitrogens is 6. The van der Waals surface area contributed by atoms with E-state index in [4.69, 9.17) is 4.98 Å². The maximum absolute atomic E-state index is 5.02. The van der Waals surface area contributed by atoms with Crippen molar-refractivity contribution in [1.29, 1.82) is 0 Å². The first kappa shape index (κ1) is 22.2. The van der Waals surface area contributed by atoms with Gasteiger partial charge in [0.05, 0.1) is 11.3 Å². The third kappa shape index (κ3) is 4.05. The van der Waals surface area contributed by atoms with Crippen molar-refractivity contribution in [3.05, 3.63) is 17.7 Å². The predicted molar refractivity (Wildman–Crippen MR) is 123 cm³/mol. The number of anilines is 1. The number of nitrogens with one attached hydrogen (secondary N) is 1. The fraction of sp³-hybridized carbons (Fsp3) is 0.636. The first-order valence-electron chi connectivity index (χ1n) is 10.9. The third-order valence-corrected chi connectivity index (χ3v) is 5.72. The minimum Gasteiger partial charge on any atom is -0.367 e. The second-order valence-corrected chi connectivity index (χ2v) is 8.82. The Kier molecular flexibility index (Phi) is 6.45. The number of fused-ring (bicyclic) bond motifs is 1. The van der Waals surface area contributed by atoms with Gasteiger partial charge in [-0.3, -0.25) is 9.58 Å². The van der Waals surface area contributed by atoms with E-state index in [-0.39, 0.29) is 6.04 Å². The van der Waals surface area contributed by atoms with Crippen LogP contribution in [0.1, 0.15) is 59.0 Å². The Morgan fingerprint density at radius 3 is 2.23 bits per heavy atom. The number of hydrogen-bond acceptors (Lipinski definition) is 6. The van der Waals surface area contributed by atoms with E-state index in [0.717, 1.165) is 52.8 Å². The summed E-state index contributed by atoms with van der Waals surface area (Å²) in [7, 11) is 1.97. The Bertz CT molecular complexity index is 1000. The first-order chi connectivity index (χ1) is 14.1. The van der Waals surface area contributed by atoms with Gasteiger partial charge in [0, 0.05) is 44.0 Å². The molecule has 3 rings (SSSR count). The van der Waals surface area contributed by atoms with E-state index in [9.17, 15) is 0 Å². The van der Waals surface area contributed by atoms with Crippen LogP contribution in [0.2, 0.25) is 0 Å². The first-order valence-corrected chi connectivity index (χ1v) is 10.9. The Morgan fingerprint density at radius 2 is 1.70 bits per heavy atom. The van der Waals surface area contributed by atoms with E-state index in [2.05, 4.69) is 78.3 Å². The van der Waals surface area contributed by atoms with Crippen LogP contribution < -0.4 is 5.32 Å². The van der Waals surface area contributed by atoms with E-state index in [1.54, 1.807) is 6.33 Å². The lowest BCUT2D eigenvalue weighted by molar-refractivity contribution is 0.182. The molecule has 0 saturated carbocycles. The minimum atomic E-state index is 0.212. The van der Waals surface area contributed by atoms with Crippen molar-refractivity contribution in [2.75, 3.05) is 18.4 Å². The van der Waals surface area contributed by atoms with Gasteiger partial charge >= 0.3 is 0 Å². The quantitative estimate of drug-likeness (QED) is 0.604. The molecule has 0 unspecified atom stereocenters. The molecule has 0 spiro atoms. The van der Waals surface area contributed by atoms with Crippen molar-refractivity contribution in [2.45, 2.75) is 73.5 Å². The normalized spacial score (nSPS) is 12.3. The molecule has 0 aliphatic heterocycles. The Labute approximate surface area is 179 Å². The molecule has 3 heterocycles. The average molecular weight is 413 g/mol. The van der Waals surface area contributed by atoms with Gasteiger partial charge in [-0.05, 0) is 55.4 Å². The Hall–Kier alpha value is -2.48. The summed E-state index contributed by atoms with van der Waals surface area (Å²) in [5, 5.41) is 8.09. The van der Waals surface area contributed by atoms with Crippen LogP contribution in [-0.2, 0) is 7.05 Å². The van der Waals surface area contributed by atoms with E-state index in [1.165, 1.54) is 0 Å². The number of nitrogens with zero attached hydrogens (tertiary/aromatic N) is 7. The summed E-state index contributed by atoms with van der Waals surface area (Å²) in [6.07, 6.45) is 1.63. The maximum Gasteiger partial charge on any atom is 0.166 e. The molecular weight excluding hydrogens is 376 g/mol. The van der Waals surface area contributed by atoms with Crippen molar-refractivity contribution >= 4 is 17.0 Å². The zero-order valence-electron chi connectivity index (χ0n) is 19.9. The van der Waals surface area contributed by atoms with Crippen molar-refractivity contribution < 1.29 is 0 Å². The largest absolute Gasteiger partial charge is 0.367 e. The molecule has 0 amide bonds. The van der Waals surface area contributed by atoms with E-state index < -0.39 is 0 Å². The summed E-state index contributed by atoms with van der Waals surface area (Å²) in [4.78, 5) is 16.6. The highest BCUT2D eigenvalue weighted by molar-refractivity contribution is 5.87. The molecule has 0 aromatic carbocycles. The third-order valence-electron chi connectivity index (χ3n) is 5.72. The molecule has 8 heteroatoms. The van der Waals surface area contributed by atoms with E-state index >= 15 is 0 Å². The van der Waals surface area contributed by atoms with Crippen LogP contribution >= 0.6 is 0 Å². The van der Waals surface area contributed by atoms with Crippen molar-refractivity contribution in [1.82, 2.24) is 34.2 Å². The molecular formula is C22H36N8. The summed E-state index contributed by atoms with van der Waals surface area (Å²) in [5.41, 5.74) is 4.80. The van der Waals surface area contributed by atoms with Crippen LogP contribution in [0.15, 0.2) is 6.33 Å². The van der Waals surface area contributed by atoms with Crippen molar-refractivity contribution in [3.63, 3.8) is 0 Å². The van der Waals surface area contributed by atoms with Gasteiger partial charge in [0.25, 0.3) is 0 Å². The Balaban J connectivity index is 2.01. The molecule has 3 aromatic heterocycles. The van der Waals surface area contributed by atoms with Crippen LogP contribution in [0.5, 0.6) is 0 Å². The van der Waals surface area contributed by atoms with Crippen LogP contribution in [0.3, 0.4) is 0 Å². The number of hydrogen-bond donors (Lipinski definition) is 1. The molecule has 3 aromatic rings. The number of imidazole rings is 1. The standard InChI is InChI=1S/C22H36N8/c1-13(2)29(14(3)4)11-10-23-20-19-22(25-12-24-20)30(15(5)6)21(26-19)18-16(7)27-28(9)17(18)8/h12-15H,10-11H2,1-9H3,(H,23,24,25). The van der Waals surface area contributed by atoms with Crippen LogP contribution in [0.25, 0.3) is 22.6 Å². The van der Waals surface area contributed by atoms with Gasteiger partial charge in [0.15, 0.2) is 17.0 Å². The van der Waals surface area contributed by atoms with E-state index in [1.807, 2.05) is 18.7 Å². The highest BCUT2D eigenvalue weighted by atomic mass is 15.3. The zero-order valence-corrected chi connectivity index (χ0v) is 19.9. The molecule has 164 valence electrons. The van der Waals surface area contributed by atoms with Gasteiger partial charge in [0.2, 0.25) is 0 Å². The molecule has 0 fully saturated rings. The molecule has 0 bridgehead atoms. The smallest absolute Gasteiger partial charge is 0.166 e. The minimum absolute atomic E-state index is 0.212. The topological polar surface area (TPSA) is 76.7 Å². The zero-order chi connectivity index (χ0) is 22.2. The summed E-state index contributed by atoms with van der Waals surface area (Å²) < 4.78 is 4.10. The fourth-order valence-electron chi connectivity index (χ4n) is 4.22. The predicted octanol–water partition coefficient (Wildman–Crippen LogP) is 3.96. The molecule has 8 nitrogen and oxygen atoms in total. The highest BCUT2D eigenvalue weighted by Gasteiger charge is 2.23. The van der Waals surface area contributed by atoms with Gasteiger partial charge in [0.1, 0.15) is 12.2 Å². The van der Waals surface area contributed by atoms with Crippen molar-refractivity contribution in [3.8, 4) is 11.4 Å². The van der Waals surface area contributed by atoms with Gasteiger partial charge in [-0.1, -0.05) is 0 Å². The van der Waals surface area contributed by atoms with Gasteiger partial charge in [-0.15, -0.1) is 0 Å². The fourth-order valence-corrected chi connectivity index (χ4v) is 4.22. The lowest BCUT2D eigenvalue weighted by Crippen LogP contribution is -2.40. The van der Waals surface area contributed by atoms with Crippen molar-refractivity contribution in [2.24, 2.45) is 7.05 Å². The van der Waals surface area contributed by atoms with Gasteiger partial charge in [-0.2, -0.15) is 5.10 Å². The summed E-state index contributed by atoms with van der Waals surface area (Å²) in [6, 6.07) is 1.21. The van der Waals surface area contributed by atoms with Crippen LogP contribution in [0.4, 0.5) is 5.82 Å². The lowest BCUT2D eigenvalue weighted by Gasteiger charge is -2.30. The van der Waals surface area contributed by atoms with Crippen LogP contribution in [-0.4, -0.2) is 59.4 Å². The highest BCUT2D eigenvalue weighted by Crippen LogP contribution is 2.33. The summed E-state index contributed by atoms with van der Waals surface area (Å²) >= 11 is 0. The van der Waals surface area contributed by atoms with Gasteiger partial charge in [-0.25, -0.2) is 15.0 Å². The van der Waals surface area contributed by atoms with E-state index in [0.29, 0.717) is 12.1 Å². The molecule has 30 heavy (non-hydrogen) atoms. The van der Waals surface area contributed by atoms with Crippen LogP contribution in [0, 0.1) is 13.8 Å². The lowest BCUT2D eigenvalue weighted by atomic mass is 10.2. The SMILES string of the molecule is Cc1nn(C)c(C)c1-c1nc2c(NCCN(C(C)C)C(C)C)ncnc2n1C(C)C. The second-order valence-electron chi connectivity index (χ2n) is 8.82. The molecule has 0 atom stereocenters. The maximum atomic E-state index is 5.02. The summed E-state index contributed by atoms with van der Waals surface area (Å²) in [5.74, 6) is 1.69. The average Bonchev–Trinajstić information content (AvgIpc) is 3.15. The van der Waals surface area contributed by atoms with Gasteiger partial charge < -0.3 is 9.88 Å². The number of rotatable bonds is 8. The molecule has 0 radical (unpaired) electrons. The number of aryl methyl sites for hydroxylation is 2. The Morgan fingerprint density at radius 1 is 1.03 bits per heavy atom.